The molecule has 0 aromatic rings. The third kappa shape index (κ3) is 5.04. The molecule has 5 nitrogen and oxygen atoms in total. The average molecular weight is 256 g/mol. The van der Waals surface area contributed by atoms with Crippen LogP contribution in [0.15, 0.2) is 0 Å². The third-order valence-corrected chi connectivity index (χ3v) is 3.48. The molecule has 0 spiro atoms. The predicted octanol–water partition coefficient (Wildman–Crippen LogP) is 1.28. The van der Waals surface area contributed by atoms with Crippen LogP contribution < -0.4 is 10.6 Å². The van der Waals surface area contributed by atoms with Crippen LogP contribution in [0.1, 0.15) is 51.9 Å². The van der Waals surface area contributed by atoms with Crippen LogP contribution in [0.5, 0.6) is 0 Å². The van der Waals surface area contributed by atoms with Gasteiger partial charge in [0.1, 0.15) is 0 Å². The highest BCUT2D eigenvalue weighted by Crippen LogP contribution is 2.31. The highest BCUT2D eigenvalue weighted by molar-refractivity contribution is 5.78. The molecule has 18 heavy (non-hydrogen) atoms. The number of carboxylic acid groups (broad SMARTS) is 1. The van der Waals surface area contributed by atoms with Gasteiger partial charge in [-0.05, 0) is 19.4 Å². The number of nitrogens with one attached hydrogen (secondary N) is 2. The number of carbonyl (C=O) groups excluding carboxylic acids is 1. The minimum absolute atomic E-state index is 0.0416. The Kier molecular flexibility index (Phi) is 6.12. The van der Waals surface area contributed by atoms with Crippen molar-refractivity contribution in [1.29, 1.82) is 0 Å². The number of hydrogen-bond acceptors (Lipinski definition) is 3. The van der Waals surface area contributed by atoms with Crippen LogP contribution in [0.3, 0.4) is 0 Å². The van der Waals surface area contributed by atoms with Crippen LogP contribution in [-0.2, 0) is 9.59 Å². The van der Waals surface area contributed by atoms with Gasteiger partial charge in [0.15, 0.2) is 0 Å². The van der Waals surface area contributed by atoms with Crippen LogP contribution in [0.25, 0.3) is 0 Å². The summed E-state index contributed by atoms with van der Waals surface area (Å²) in [6.07, 6.45) is 5.16. The molecule has 0 radical (unpaired) electrons. The van der Waals surface area contributed by atoms with Crippen LogP contribution in [0.4, 0.5) is 0 Å². The van der Waals surface area contributed by atoms with Gasteiger partial charge in [0.2, 0.25) is 5.91 Å². The SMILES string of the molecule is CCNCCC(=O)NC1(CC(=O)O)CCCCC1. The molecule has 0 heterocycles. The second-order valence-electron chi connectivity index (χ2n) is 5.06. The molecular formula is C13H24N2O3. The second-order valence-corrected chi connectivity index (χ2v) is 5.06. The molecule has 0 atom stereocenters. The molecule has 104 valence electrons. The van der Waals surface area contributed by atoms with Gasteiger partial charge in [-0.15, -0.1) is 0 Å². The zero-order valence-electron chi connectivity index (χ0n) is 11.1. The van der Waals surface area contributed by atoms with Crippen molar-refractivity contribution < 1.29 is 14.7 Å². The van der Waals surface area contributed by atoms with E-state index >= 15 is 0 Å². The largest absolute Gasteiger partial charge is 0.481 e. The van der Waals surface area contributed by atoms with Gasteiger partial charge in [0, 0.05) is 13.0 Å². The summed E-state index contributed by atoms with van der Waals surface area (Å²) in [6.45, 7) is 3.48. The topological polar surface area (TPSA) is 78.4 Å². The van der Waals surface area contributed by atoms with Crippen LogP contribution in [0, 0.1) is 0 Å². The number of aliphatic carboxylic acids is 1. The molecule has 1 saturated carbocycles. The summed E-state index contributed by atoms with van der Waals surface area (Å²) in [5, 5.41) is 15.0. The lowest BCUT2D eigenvalue weighted by Gasteiger charge is -2.37. The summed E-state index contributed by atoms with van der Waals surface area (Å²) in [4.78, 5) is 22.8. The van der Waals surface area contributed by atoms with Crippen LogP contribution >= 0.6 is 0 Å². The minimum Gasteiger partial charge on any atom is -0.481 e. The third-order valence-electron chi connectivity index (χ3n) is 3.48. The molecule has 1 rings (SSSR count). The van der Waals surface area contributed by atoms with E-state index in [-0.39, 0.29) is 12.3 Å². The quantitative estimate of drug-likeness (QED) is 0.600. The molecular weight excluding hydrogens is 232 g/mol. The zero-order chi connectivity index (χ0) is 13.4. The molecule has 0 unspecified atom stereocenters. The van der Waals surface area contributed by atoms with Crippen molar-refractivity contribution in [3.63, 3.8) is 0 Å². The molecule has 1 aliphatic rings. The number of hydrogen-bond donors (Lipinski definition) is 3. The standard InChI is InChI=1S/C13H24N2O3/c1-2-14-9-6-11(16)15-13(10-12(17)18)7-4-3-5-8-13/h14H,2-10H2,1H3,(H,15,16)(H,17,18). The van der Waals surface area contributed by atoms with Gasteiger partial charge in [-0.1, -0.05) is 26.2 Å². The Morgan fingerprint density at radius 3 is 2.44 bits per heavy atom. The van der Waals surface area contributed by atoms with E-state index in [1.54, 1.807) is 0 Å². The fourth-order valence-corrected chi connectivity index (χ4v) is 2.60. The summed E-state index contributed by atoms with van der Waals surface area (Å²) in [7, 11) is 0. The number of carbonyl (C=O) groups is 2. The summed E-state index contributed by atoms with van der Waals surface area (Å²) in [5.41, 5.74) is -0.507. The van der Waals surface area contributed by atoms with Gasteiger partial charge in [-0.2, -0.15) is 0 Å². The van der Waals surface area contributed by atoms with E-state index in [0.717, 1.165) is 38.6 Å². The molecule has 1 aliphatic carbocycles. The summed E-state index contributed by atoms with van der Waals surface area (Å²) < 4.78 is 0. The van der Waals surface area contributed by atoms with Gasteiger partial charge >= 0.3 is 5.97 Å². The van der Waals surface area contributed by atoms with E-state index in [0.29, 0.717) is 13.0 Å². The van der Waals surface area contributed by atoms with E-state index in [4.69, 9.17) is 5.11 Å². The Labute approximate surface area is 108 Å². The summed E-state index contributed by atoms with van der Waals surface area (Å²) in [6, 6.07) is 0. The Bertz CT molecular complexity index is 286. The highest BCUT2D eigenvalue weighted by Gasteiger charge is 2.35. The molecule has 0 saturated heterocycles. The first-order valence-electron chi connectivity index (χ1n) is 6.81. The van der Waals surface area contributed by atoms with Gasteiger partial charge in [-0.25, -0.2) is 0 Å². The van der Waals surface area contributed by atoms with Gasteiger partial charge < -0.3 is 15.7 Å². The van der Waals surface area contributed by atoms with E-state index in [1.165, 1.54) is 0 Å². The molecule has 0 aromatic heterocycles. The highest BCUT2D eigenvalue weighted by atomic mass is 16.4. The van der Waals surface area contributed by atoms with E-state index in [9.17, 15) is 9.59 Å². The normalized spacial score (nSPS) is 18.3. The fraction of sp³-hybridized carbons (Fsp3) is 0.846. The first kappa shape index (κ1) is 15.0. The lowest BCUT2D eigenvalue weighted by atomic mass is 9.79. The number of rotatable bonds is 7. The van der Waals surface area contributed by atoms with Gasteiger partial charge in [0.05, 0.1) is 12.0 Å². The van der Waals surface area contributed by atoms with Crippen molar-refractivity contribution in [2.45, 2.75) is 57.4 Å². The fourth-order valence-electron chi connectivity index (χ4n) is 2.60. The van der Waals surface area contributed by atoms with Crippen molar-refractivity contribution in [3.05, 3.63) is 0 Å². The Morgan fingerprint density at radius 1 is 1.22 bits per heavy atom. The number of amides is 1. The maximum absolute atomic E-state index is 11.8. The molecule has 0 aliphatic heterocycles. The van der Waals surface area contributed by atoms with Crippen LogP contribution in [0.2, 0.25) is 0 Å². The van der Waals surface area contributed by atoms with Crippen LogP contribution in [-0.4, -0.2) is 35.6 Å². The minimum atomic E-state index is -0.830. The van der Waals surface area contributed by atoms with E-state index in [1.807, 2.05) is 6.92 Å². The average Bonchev–Trinajstić information content (AvgIpc) is 2.29. The lowest BCUT2D eigenvalue weighted by molar-refractivity contribution is -0.139. The molecule has 3 N–H and O–H groups in total. The zero-order valence-corrected chi connectivity index (χ0v) is 11.1. The molecule has 5 heteroatoms. The van der Waals surface area contributed by atoms with Crippen molar-refractivity contribution >= 4 is 11.9 Å². The maximum Gasteiger partial charge on any atom is 0.305 e. The smallest absolute Gasteiger partial charge is 0.305 e. The van der Waals surface area contributed by atoms with Gasteiger partial charge in [-0.3, -0.25) is 9.59 Å². The van der Waals surface area contributed by atoms with Crippen molar-refractivity contribution in [2.75, 3.05) is 13.1 Å². The van der Waals surface area contributed by atoms with Crippen molar-refractivity contribution in [1.82, 2.24) is 10.6 Å². The first-order valence-corrected chi connectivity index (χ1v) is 6.81. The van der Waals surface area contributed by atoms with E-state index < -0.39 is 11.5 Å². The van der Waals surface area contributed by atoms with E-state index in [2.05, 4.69) is 10.6 Å². The second kappa shape index (κ2) is 7.36. The number of carboxylic acids is 1. The Morgan fingerprint density at radius 2 is 1.89 bits per heavy atom. The van der Waals surface area contributed by atoms with Gasteiger partial charge in [0.25, 0.3) is 0 Å². The Hall–Kier alpha value is -1.10. The van der Waals surface area contributed by atoms with Crippen molar-refractivity contribution in [2.24, 2.45) is 0 Å². The predicted molar refractivity (Wildman–Crippen MR) is 69.4 cm³/mol. The maximum atomic E-state index is 11.8. The Balaban J connectivity index is 2.49. The van der Waals surface area contributed by atoms with Crippen molar-refractivity contribution in [3.8, 4) is 0 Å². The molecule has 1 amide bonds. The molecule has 0 bridgehead atoms. The lowest BCUT2D eigenvalue weighted by Crippen LogP contribution is -2.51. The summed E-state index contributed by atoms with van der Waals surface area (Å²) >= 11 is 0. The first-order chi connectivity index (χ1) is 8.58. The monoisotopic (exact) mass is 256 g/mol. The molecule has 0 aromatic carbocycles. The summed E-state index contributed by atoms with van der Waals surface area (Å²) in [5.74, 6) is -0.872. The molecule has 1 fully saturated rings.